The maximum Gasteiger partial charge on any atom is 0.283 e. The number of anilines is 1. The lowest BCUT2D eigenvalue weighted by Crippen LogP contribution is -2.23. The van der Waals surface area contributed by atoms with Gasteiger partial charge in [-0.1, -0.05) is 48.2 Å². The molecule has 30 heavy (non-hydrogen) atoms. The van der Waals surface area contributed by atoms with Crippen LogP contribution in [-0.4, -0.2) is 26.2 Å². The predicted octanol–water partition coefficient (Wildman–Crippen LogP) is 4.37. The fourth-order valence-electron chi connectivity index (χ4n) is 3.40. The summed E-state index contributed by atoms with van der Waals surface area (Å²) in [6.07, 6.45) is 0. The lowest BCUT2D eigenvalue weighted by atomic mass is 10.1. The number of carbonyl (C=O) groups is 1. The van der Waals surface area contributed by atoms with E-state index < -0.39 is 0 Å². The minimum Gasteiger partial charge on any atom is -0.353 e. The number of fused-ring (bicyclic) bond motifs is 1. The van der Waals surface area contributed by atoms with Gasteiger partial charge in [-0.2, -0.15) is 0 Å². The van der Waals surface area contributed by atoms with Gasteiger partial charge in [-0.05, 0) is 50.1 Å². The van der Waals surface area contributed by atoms with Crippen molar-refractivity contribution in [3.63, 3.8) is 0 Å². The summed E-state index contributed by atoms with van der Waals surface area (Å²) in [5.41, 5.74) is 5.30. The van der Waals surface area contributed by atoms with Gasteiger partial charge >= 0.3 is 0 Å². The van der Waals surface area contributed by atoms with E-state index in [1.54, 1.807) is 4.57 Å². The van der Waals surface area contributed by atoms with Crippen molar-refractivity contribution < 1.29 is 4.79 Å². The average molecular weight is 419 g/mol. The van der Waals surface area contributed by atoms with Gasteiger partial charge in [0.1, 0.15) is 5.52 Å². The molecule has 0 atom stereocenters. The number of amides is 1. The first-order chi connectivity index (χ1) is 14.4. The number of hydrogen-bond donors (Lipinski definition) is 2. The van der Waals surface area contributed by atoms with Crippen molar-refractivity contribution >= 4 is 34.4 Å². The molecule has 4 aromatic rings. The molecule has 6 nitrogen and oxygen atoms in total. The molecule has 2 aromatic carbocycles. The summed E-state index contributed by atoms with van der Waals surface area (Å²) in [7, 11) is 0. The van der Waals surface area contributed by atoms with Crippen molar-refractivity contribution in [3.8, 4) is 5.69 Å². The Morgan fingerprint density at radius 2 is 1.77 bits per heavy atom. The second kappa shape index (κ2) is 8.20. The molecular weight excluding hydrogens is 396 g/mol. The minimum absolute atomic E-state index is 0.141. The number of nitrogens with one attached hydrogen (secondary N) is 2. The van der Waals surface area contributed by atoms with Crippen LogP contribution in [0, 0.1) is 20.8 Å². The minimum atomic E-state index is -0.183. The van der Waals surface area contributed by atoms with E-state index in [0.717, 1.165) is 22.5 Å². The highest BCUT2D eigenvalue weighted by Crippen LogP contribution is 2.23. The number of benzene rings is 2. The summed E-state index contributed by atoms with van der Waals surface area (Å²) >= 11 is 1.25. The van der Waals surface area contributed by atoms with Crippen LogP contribution in [0.2, 0.25) is 0 Å². The number of hydrogen-bond acceptors (Lipinski definition) is 4. The number of rotatable bonds is 5. The van der Waals surface area contributed by atoms with Crippen LogP contribution < -0.4 is 10.9 Å². The molecular formula is C23H22N4O2S. The number of para-hydroxylation sites is 2. The first kappa shape index (κ1) is 20.0. The van der Waals surface area contributed by atoms with Crippen LogP contribution in [0.1, 0.15) is 16.8 Å². The van der Waals surface area contributed by atoms with E-state index in [1.807, 2.05) is 75.4 Å². The zero-order valence-electron chi connectivity index (χ0n) is 17.0. The third kappa shape index (κ3) is 3.89. The quantitative estimate of drug-likeness (QED) is 0.373. The van der Waals surface area contributed by atoms with E-state index in [1.165, 1.54) is 11.8 Å². The molecule has 152 valence electrons. The van der Waals surface area contributed by atoms with E-state index >= 15 is 0 Å². The van der Waals surface area contributed by atoms with Gasteiger partial charge in [0.25, 0.3) is 5.56 Å². The highest BCUT2D eigenvalue weighted by atomic mass is 32.2. The Labute approximate surface area is 178 Å². The molecule has 7 heteroatoms. The van der Waals surface area contributed by atoms with Crippen molar-refractivity contribution in [2.75, 3.05) is 11.1 Å². The molecule has 4 rings (SSSR count). The topological polar surface area (TPSA) is 79.8 Å². The number of aryl methyl sites for hydroxylation is 3. The molecule has 0 bridgehead atoms. The molecule has 2 aromatic heterocycles. The molecule has 0 aliphatic heterocycles. The Kier molecular flexibility index (Phi) is 5.46. The van der Waals surface area contributed by atoms with E-state index in [9.17, 15) is 9.59 Å². The Morgan fingerprint density at radius 1 is 1.07 bits per heavy atom. The zero-order valence-corrected chi connectivity index (χ0v) is 17.8. The van der Waals surface area contributed by atoms with Crippen molar-refractivity contribution in [3.05, 3.63) is 81.8 Å². The largest absolute Gasteiger partial charge is 0.353 e. The number of nitrogens with zero attached hydrogens (tertiary/aromatic N) is 2. The molecule has 1 amide bonds. The molecule has 0 saturated carbocycles. The van der Waals surface area contributed by atoms with Gasteiger partial charge in [-0.25, -0.2) is 4.98 Å². The van der Waals surface area contributed by atoms with Gasteiger partial charge in [0.05, 0.1) is 17.0 Å². The summed E-state index contributed by atoms with van der Waals surface area (Å²) in [6, 6.07) is 17.1. The third-order valence-corrected chi connectivity index (χ3v) is 5.79. The Balaban J connectivity index is 1.66. The summed E-state index contributed by atoms with van der Waals surface area (Å²) in [5.74, 6) is -0.00120. The van der Waals surface area contributed by atoms with Crippen molar-refractivity contribution in [1.29, 1.82) is 0 Å². The van der Waals surface area contributed by atoms with Gasteiger partial charge < -0.3 is 10.3 Å². The van der Waals surface area contributed by atoms with Gasteiger partial charge in [-0.3, -0.25) is 14.2 Å². The normalized spacial score (nSPS) is 11.0. The standard InChI is InChI=1S/C23H22N4O2S/c1-14-8-7-9-15(2)20(14)26-19(28)13-30-23-25-18-12-16(3)24-21(18)22(29)27(23)17-10-5-4-6-11-17/h4-12,24H,13H2,1-3H3,(H,26,28). The Bertz CT molecular complexity index is 1270. The van der Waals surface area contributed by atoms with Crippen molar-refractivity contribution in [2.45, 2.75) is 25.9 Å². The predicted molar refractivity (Wildman–Crippen MR) is 122 cm³/mol. The van der Waals surface area contributed by atoms with Crippen molar-refractivity contribution in [1.82, 2.24) is 14.5 Å². The molecule has 0 aliphatic carbocycles. The smallest absolute Gasteiger partial charge is 0.283 e. The molecule has 0 unspecified atom stereocenters. The van der Waals surface area contributed by atoms with Crippen LogP contribution in [-0.2, 0) is 4.79 Å². The van der Waals surface area contributed by atoms with Gasteiger partial charge in [0, 0.05) is 11.4 Å². The summed E-state index contributed by atoms with van der Waals surface area (Å²) in [4.78, 5) is 33.6. The SMILES string of the molecule is Cc1cc2nc(SCC(=O)Nc3c(C)cccc3C)n(-c3ccccc3)c(=O)c2[nH]1. The highest BCUT2D eigenvalue weighted by Gasteiger charge is 2.16. The highest BCUT2D eigenvalue weighted by molar-refractivity contribution is 7.99. The molecule has 0 spiro atoms. The average Bonchev–Trinajstić information content (AvgIpc) is 3.10. The first-order valence-electron chi connectivity index (χ1n) is 9.60. The second-order valence-corrected chi connectivity index (χ2v) is 8.13. The lowest BCUT2D eigenvalue weighted by molar-refractivity contribution is -0.113. The van der Waals surface area contributed by atoms with Crippen LogP contribution >= 0.6 is 11.8 Å². The third-order valence-electron chi connectivity index (χ3n) is 4.85. The van der Waals surface area contributed by atoms with Crippen LogP contribution in [0.3, 0.4) is 0 Å². The zero-order chi connectivity index (χ0) is 21.3. The van der Waals surface area contributed by atoms with Crippen LogP contribution in [0.25, 0.3) is 16.7 Å². The van der Waals surface area contributed by atoms with E-state index in [-0.39, 0.29) is 17.2 Å². The fourth-order valence-corrected chi connectivity index (χ4v) is 4.21. The number of aromatic amines is 1. The molecule has 2 heterocycles. The number of aromatic nitrogens is 3. The molecule has 0 aliphatic rings. The summed E-state index contributed by atoms with van der Waals surface area (Å²) < 4.78 is 1.55. The van der Waals surface area contributed by atoms with Crippen molar-refractivity contribution in [2.24, 2.45) is 0 Å². The van der Waals surface area contributed by atoms with Crippen LogP contribution in [0.5, 0.6) is 0 Å². The Morgan fingerprint density at radius 3 is 2.47 bits per heavy atom. The second-order valence-electron chi connectivity index (χ2n) is 7.19. The molecule has 0 saturated heterocycles. The van der Waals surface area contributed by atoms with Crippen LogP contribution in [0.4, 0.5) is 5.69 Å². The number of thioether (sulfide) groups is 1. The van der Waals surface area contributed by atoms with Gasteiger partial charge in [-0.15, -0.1) is 0 Å². The maximum absolute atomic E-state index is 13.2. The Hall–Kier alpha value is -3.32. The van der Waals surface area contributed by atoms with E-state index in [0.29, 0.717) is 21.9 Å². The van der Waals surface area contributed by atoms with E-state index in [4.69, 9.17) is 0 Å². The fraction of sp³-hybridized carbons (Fsp3) is 0.174. The van der Waals surface area contributed by atoms with Gasteiger partial charge in [0.15, 0.2) is 5.16 Å². The number of carbonyl (C=O) groups excluding carboxylic acids is 1. The number of H-pyrrole nitrogens is 1. The molecule has 0 fully saturated rings. The first-order valence-corrected chi connectivity index (χ1v) is 10.6. The summed E-state index contributed by atoms with van der Waals surface area (Å²) in [6.45, 7) is 5.82. The van der Waals surface area contributed by atoms with Crippen LogP contribution in [0.15, 0.2) is 64.5 Å². The molecule has 0 radical (unpaired) electrons. The molecule has 2 N–H and O–H groups in total. The van der Waals surface area contributed by atoms with Gasteiger partial charge in [0.2, 0.25) is 5.91 Å². The van der Waals surface area contributed by atoms with E-state index in [2.05, 4.69) is 15.3 Å². The summed E-state index contributed by atoms with van der Waals surface area (Å²) in [5, 5.41) is 3.46. The monoisotopic (exact) mass is 418 g/mol. The maximum atomic E-state index is 13.2. The lowest BCUT2D eigenvalue weighted by Gasteiger charge is -2.13.